The highest BCUT2D eigenvalue weighted by atomic mass is 32.1. The molecular weight excluding hydrogens is 308 g/mol. The molecule has 114 valence electrons. The van der Waals surface area contributed by atoms with Gasteiger partial charge in [-0.1, -0.05) is 72.8 Å². The summed E-state index contributed by atoms with van der Waals surface area (Å²) in [6.07, 6.45) is 0. The first-order valence-electron chi connectivity index (χ1n) is 8.21. The molecule has 0 spiro atoms. The fraction of sp³-hybridized carbons (Fsp3) is 0.0435. The van der Waals surface area contributed by atoms with Crippen LogP contribution in [0.5, 0.6) is 0 Å². The molecule has 0 fully saturated rings. The van der Waals surface area contributed by atoms with Gasteiger partial charge in [0.15, 0.2) is 0 Å². The first kappa shape index (κ1) is 13.8. The van der Waals surface area contributed by atoms with Crippen LogP contribution in [0.4, 0.5) is 0 Å². The molecule has 0 aliphatic rings. The SMILES string of the molecule is Cc1cc(-c2cccc3c2sc2ccccc23)c2ccccc2c1. The lowest BCUT2D eigenvalue weighted by Gasteiger charge is -2.10. The molecule has 4 aromatic carbocycles. The van der Waals surface area contributed by atoms with Gasteiger partial charge >= 0.3 is 0 Å². The van der Waals surface area contributed by atoms with E-state index in [4.69, 9.17) is 0 Å². The van der Waals surface area contributed by atoms with Crippen molar-refractivity contribution < 1.29 is 0 Å². The van der Waals surface area contributed by atoms with Crippen LogP contribution in [-0.4, -0.2) is 0 Å². The van der Waals surface area contributed by atoms with E-state index in [9.17, 15) is 0 Å². The molecule has 1 aromatic heterocycles. The molecule has 0 N–H and O–H groups in total. The zero-order valence-electron chi connectivity index (χ0n) is 13.4. The quantitative estimate of drug-likeness (QED) is 0.306. The molecule has 0 radical (unpaired) electrons. The van der Waals surface area contributed by atoms with Gasteiger partial charge in [0.05, 0.1) is 0 Å². The highest BCUT2D eigenvalue weighted by Gasteiger charge is 2.12. The topological polar surface area (TPSA) is 0 Å². The van der Waals surface area contributed by atoms with Crippen LogP contribution in [0.2, 0.25) is 0 Å². The maximum absolute atomic E-state index is 2.32. The Hall–Kier alpha value is -2.64. The summed E-state index contributed by atoms with van der Waals surface area (Å²) in [6, 6.07) is 28.7. The van der Waals surface area contributed by atoms with E-state index in [0.717, 1.165) is 0 Å². The van der Waals surface area contributed by atoms with Crippen LogP contribution in [0, 0.1) is 6.92 Å². The lowest BCUT2D eigenvalue weighted by atomic mass is 9.95. The van der Waals surface area contributed by atoms with Gasteiger partial charge in [-0.25, -0.2) is 0 Å². The summed E-state index contributed by atoms with van der Waals surface area (Å²) >= 11 is 1.90. The fourth-order valence-corrected chi connectivity index (χ4v) is 4.87. The molecular formula is C23H16S. The normalized spacial score (nSPS) is 11.5. The first-order valence-corrected chi connectivity index (χ1v) is 9.03. The van der Waals surface area contributed by atoms with Crippen molar-refractivity contribution in [3.05, 3.63) is 84.4 Å². The minimum Gasteiger partial charge on any atom is -0.135 e. The Balaban J connectivity index is 1.94. The van der Waals surface area contributed by atoms with Gasteiger partial charge in [-0.05, 0) is 34.9 Å². The summed E-state index contributed by atoms with van der Waals surface area (Å²) in [5, 5.41) is 5.36. The van der Waals surface area contributed by atoms with Crippen LogP contribution >= 0.6 is 11.3 Å². The molecule has 0 saturated heterocycles. The zero-order valence-corrected chi connectivity index (χ0v) is 14.2. The number of aryl methyl sites for hydroxylation is 1. The number of fused-ring (bicyclic) bond motifs is 4. The average Bonchev–Trinajstić information content (AvgIpc) is 3.00. The van der Waals surface area contributed by atoms with E-state index in [1.54, 1.807) is 0 Å². The van der Waals surface area contributed by atoms with E-state index in [2.05, 4.69) is 85.8 Å². The second-order valence-electron chi connectivity index (χ2n) is 6.31. The summed E-state index contributed by atoms with van der Waals surface area (Å²) < 4.78 is 2.74. The third-order valence-electron chi connectivity index (χ3n) is 4.70. The molecule has 0 bridgehead atoms. The molecule has 5 rings (SSSR count). The van der Waals surface area contributed by atoms with Crippen molar-refractivity contribution in [1.29, 1.82) is 0 Å². The molecule has 0 aliphatic carbocycles. The van der Waals surface area contributed by atoms with Crippen molar-refractivity contribution >= 4 is 42.3 Å². The zero-order chi connectivity index (χ0) is 16.1. The molecule has 0 nitrogen and oxygen atoms in total. The largest absolute Gasteiger partial charge is 0.135 e. The van der Waals surface area contributed by atoms with Crippen LogP contribution in [0.3, 0.4) is 0 Å². The van der Waals surface area contributed by atoms with E-state index >= 15 is 0 Å². The maximum Gasteiger partial charge on any atom is 0.0434 e. The average molecular weight is 324 g/mol. The number of hydrogen-bond donors (Lipinski definition) is 0. The third kappa shape index (κ3) is 1.98. The summed E-state index contributed by atoms with van der Waals surface area (Å²) in [4.78, 5) is 0. The Labute approximate surface area is 145 Å². The van der Waals surface area contributed by atoms with Crippen molar-refractivity contribution in [1.82, 2.24) is 0 Å². The van der Waals surface area contributed by atoms with Gasteiger partial charge < -0.3 is 0 Å². The summed E-state index contributed by atoms with van der Waals surface area (Å²) in [6.45, 7) is 2.18. The van der Waals surface area contributed by atoms with E-state index in [-0.39, 0.29) is 0 Å². The lowest BCUT2D eigenvalue weighted by Crippen LogP contribution is -1.84. The van der Waals surface area contributed by atoms with Crippen LogP contribution < -0.4 is 0 Å². The molecule has 0 atom stereocenters. The van der Waals surface area contributed by atoms with Crippen molar-refractivity contribution in [2.45, 2.75) is 6.92 Å². The minimum atomic E-state index is 1.31. The number of benzene rings is 4. The van der Waals surface area contributed by atoms with Crippen LogP contribution in [0.1, 0.15) is 5.56 Å². The van der Waals surface area contributed by atoms with Gasteiger partial charge in [0.25, 0.3) is 0 Å². The van der Waals surface area contributed by atoms with Gasteiger partial charge in [-0.2, -0.15) is 0 Å². The van der Waals surface area contributed by atoms with Gasteiger partial charge in [0.2, 0.25) is 0 Å². The van der Waals surface area contributed by atoms with E-state index < -0.39 is 0 Å². The summed E-state index contributed by atoms with van der Waals surface area (Å²) in [5.41, 5.74) is 3.98. The first-order chi connectivity index (χ1) is 11.8. The molecule has 1 heteroatoms. The third-order valence-corrected chi connectivity index (χ3v) is 5.92. The molecule has 0 unspecified atom stereocenters. The van der Waals surface area contributed by atoms with Crippen molar-refractivity contribution in [2.24, 2.45) is 0 Å². The van der Waals surface area contributed by atoms with E-state index in [1.807, 2.05) is 11.3 Å². The Morgan fingerprint density at radius 1 is 0.625 bits per heavy atom. The Kier molecular flexibility index (Phi) is 2.97. The monoisotopic (exact) mass is 324 g/mol. The fourth-order valence-electron chi connectivity index (χ4n) is 3.64. The highest BCUT2D eigenvalue weighted by molar-refractivity contribution is 7.26. The predicted octanol–water partition coefficient (Wildman–Crippen LogP) is 7.18. The van der Waals surface area contributed by atoms with Crippen LogP contribution in [-0.2, 0) is 0 Å². The van der Waals surface area contributed by atoms with Gasteiger partial charge in [0.1, 0.15) is 0 Å². The second kappa shape index (κ2) is 5.19. The van der Waals surface area contributed by atoms with E-state index in [0.29, 0.717) is 0 Å². The standard InChI is InChI=1S/C23H16S/c1-15-13-16-7-2-3-8-17(16)21(14-15)20-11-6-10-19-18-9-4-5-12-22(18)24-23(19)20/h2-14H,1H3. The second-order valence-corrected chi connectivity index (χ2v) is 7.37. The van der Waals surface area contributed by atoms with Crippen molar-refractivity contribution in [2.75, 3.05) is 0 Å². The molecule has 0 aliphatic heterocycles. The van der Waals surface area contributed by atoms with Crippen molar-refractivity contribution in [3.63, 3.8) is 0 Å². The smallest absolute Gasteiger partial charge is 0.0434 e. The number of thiophene rings is 1. The van der Waals surface area contributed by atoms with E-state index in [1.165, 1.54) is 47.6 Å². The van der Waals surface area contributed by atoms with Crippen molar-refractivity contribution in [3.8, 4) is 11.1 Å². The lowest BCUT2D eigenvalue weighted by molar-refractivity contribution is 1.50. The Morgan fingerprint density at radius 3 is 2.29 bits per heavy atom. The number of hydrogen-bond acceptors (Lipinski definition) is 1. The van der Waals surface area contributed by atoms with Crippen LogP contribution in [0.25, 0.3) is 42.1 Å². The summed E-state index contributed by atoms with van der Waals surface area (Å²) in [5.74, 6) is 0. The summed E-state index contributed by atoms with van der Waals surface area (Å²) in [7, 11) is 0. The molecule has 0 amide bonds. The Morgan fingerprint density at radius 2 is 1.38 bits per heavy atom. The molecule has 5 aromatic rings. The molecule has 0 saturated carbocycles. The Bertz CT molecular complexity index is 1210. The highest BCUT2D eigenvalue weighted by Crippen LogP contribution is 2.41. The predicted molar refractivity (Wildman–Crippen MR) is 107 cm³/mol. The number of rotatable bonds is 1. The van der Waals surface area contributed by atoms with Gasteiger partial charge in [-0.3, -0.25) is 0 Å². The van der Waals surface area contributed by atoms with Crippen LogP contribution in [0.15, 0.2) is 78.9 Å². The molecule has 1 heterocycles. The maximum atomic E-state index is 2.32. The minimum absolute atomic E-state index is 1.31. The van der Waals surface area contributed by atoms with Gasteiger partial charge in [0, 0.05) is 25.7 Å². The molecule has 24 heavy (non-hydrogen) atoms. The van der Waals surface area contributed by atoms with Gasteiger partial charge in [-0.15, -0.1) is 11.3 Å².